The number of hydrogen-bond acceptors (Lipinski definition) is 7. The van der Waals surface area contributed by atoms with Crippen molar-refractivity contribution >= 4 is 23.2 Å². The number of carbonyl (C=O) groups excluding carboxylic acids is 2. The number of amides is 1. The Hall–Kier alpha value is -3.00. The van der Waals surface area contributed by atoms with Gasteiger partial charge in [-0.3, -0.25) is 4.79 Å². The van der Waals surface area contributed by atoms with Crippen molar-refractivity contribution in [2.45, 2.75) is 19.4 Å². The van der Waals surface area contributed by atoms with Crippen LogP contribution in [-0.4, -0.2) is 29.1 Å². The fourth-order valence-corrected chi connectivity index (χ4v) is 2.90. The second-order valence-electron chi connectivity index (χ2n) is 5.45. The summed E-state index contributed by atoms with van der Waals surface area (Å²) in [6.45, 7) is 0.380. The molecule has 3 aromatic rings. The van der Waals surface area contributed by atoms with Crippen LogP contribution in [0.1, 0.15) is 28.2 Å². The molecule has 0 saturated carbocycles. The summed E-state index contributed by atoms with van der Waals surface area (Å²) in [6.07, 6.45) is 0.637. The van der Waals surface area contributed by atoms with Crippen molar-refractivity contribution in [3.05, 3.63) is 58.8 Å². The van der Waals surface area contributed by atoms with E-state index in [0.29, 0.717) is 30.2 Å². The number of aryl methyl sites for hydroxylation is 1. The number of ether oxygens (including phenoxy) is 1. The first-order chi connectivity index (χ1) is 12.7. The Balaban J connectivity index is 1.45. The third kappa shape index (κ3) is 4.54. The maximum Gasteiger partial charge on any atom is 0.337 e. The first kappa shape index (κ1) is 17.8. The fraction of sp³-hybridized carbons (Fsp3) is 0.222. The number of nitrogens with zero attached hydrogens (tertiary/aromatic N) is 2. The molecule has 1 N–H and O–H groups in total. The van der Waals surface area contributed by atoms with Gasteiger partial charge in [0.05, 0.1) is 17.6 Å². The number of aromatic nitrogens is 2. The molecule has 0 spiro atoms. The van der Waals surface area contributed by atoms with Gasteiger partial charge in [-0.1, -0.05) is 23.4 Å². The molecule has 0 aliphatic rings. The van der Waals surface area contributed by atoms with Crippen LogP contribution in [0.3, 0.4) is 0 Å². The summed E-state index contributed by atoms with van der Waals surface area (Å²) in [6, 6.07) is 10.7. The fourth-order valence-electron chi connectivity index (χ4n) is 2.25. The van der Waals surface area contributed by atoms with E-state index in [-0.39, 0.29) is 18.3 Å². The van der Waals surface area contributed by atoms with Crippen LogP contribution in [0.5, 0.6) is 0 Å². The molecule has 1 amide bonds. The number of hydrogen-bond donors (Lipinski definition) is 1. The predicted octanol–water partition coefficient (Wildman–Crippen LogP) is 2.83. The van der Waals surface area contributed by atoms with E-state index < -0.39 is 0 Å². The highest BCUT2D eigenvalue weighted by molar-refractivity contribution is 7.13. The van der Waals surface area contributed by atoms with Crippen molar-refractivity contribution in [3.63, 3.8) is 0 Å². The zero-order valence-electron chi connectivity index (χ0n) is 14.1. The molecule has 0 atom stereocenters. The van der Waals surface area contributed by atoms with Gasteiger partial charge in [-0.25, -0.2) is 4.79 Å². The van der Waals surface area contributed by atoms with E-state index in [2.05, 4.69) is 20.2 Å². The number of nitrogens with one attached hydrogen (secondary N) is 1. The maximum absolute atomic E-state index is 12.0. The number of rotatable bonds is 7. The summed E-state index contributed by atoms with van der Waals surface area (Å²) in [7, 11) is 1.34. The molecule has 0 aliphatic heterocycles. The molecule has 0 radical (unpaired) electrons. The van der Waals surface area contributed by atoms with E-state index in [4.69, 9.17) is 4.52 Å². The molecule has 3 rings (SSSR count). The lowest BCUT2D eigenvalue weighted by atomic mass is 10.1. The highest BCUT2D eigenvalue weighted by Gasteiger charge is 2.11. The highest BCUT2D eigenvalue weighted by Crippen LogP contribution is 2.21. The Morgan fingerprint density at radius 3 is 2.73 bits per heavy atom. The molecule has 7 nitrogen and oxygen atoms in total. The Labute approximate surface area is 154 Å². The van der Waals surface area contributed by atoms with E-state index >= 15 is 0 Å². The van der Waals surface area contributed by atoms with Crippen molar-refractivity contribution in [3.8, 4) is 10.7 Å². The minimum absolute atomic E-state index is 0.113. The molecule has 0 unspecified atom stereocenters. The van der Waals surface area contributed by atoms with Gasteiger partial charge in [-0.2, -0.15) is 4.98 Å². The summed E-state index contributed by atoms with van der Waals surface area (Å²) in [5, 5.41) is 8.68. The van der Waals surface area contributed by atoms with Gasteiger partial charge < -0.3 is 14.6 Å². The molecule has 0 saturated heterocycles. The first-order valence-corrected chi connectivity index (χ1v) is 8.84. The van der Waals surface area contributed by atoms with E-state index in [0.717, 1.165) is 10.4 Å². The van der Waals surface area contributed by atoms with Gasteiger partial charge in [-0.05, 0) is 29.1 Å². The van der Waals surface area contributed by atoms with Crippen LogP contribution in [0.15, 0.2) is 46.3 Å². The number of esters is 1. The third-order valence-electron chi connectivity index (χ3n) is 3.64. The standard InChI is InChI=1S/C18H17N3O4S/c1-24-18(23)13-6-4-12(5-7-13)11-19-15(22)8-9-16-20-17(21-25-16)14-3-2-10-26-14/h2-7,10H,8-9,11H2,1H3,(H,19,22). The zero-order valence-corrected chi connectivity index (χ0v) is 14.9. The van der Waals surface area contributed by atoms with Gasteiger partial charge in [0.2, 0.25) is 17.6 Å². The van der Waals surface area contributed by atoms with Crippen molar-refractivity contribution in [1.29, 1.82) is 0 Å². The number of benzene rings is 1. The number of thiophene rings is 1. The molecular weight excluding hydrogens is 354 g/mol. The summed E-state index contributed by atoms with van der Waals surface area (Å²) in [5.74, 6) is 0.479. The topological polar surface area (TPSA) is 94.3 Å². The second kappa shape index (κ2) is 8.39. The number of carbonyl (C=O) groups is 2. The molecule has 0 bridgehead atoms. The molecule has 1 aromatic carbocycles. The van der Waals surface area contributed by atoms with Crippen LogP contribution in [0, 0.1) is 0 Å². The molecule has 26 heavy (non-hydrogen) atoms. The van der Waals surface area contributed by atoms with Crippen LogP contribution in [0.25, 0.3) is 10.7 Å². The minimum Gasteiger partial charge on any atom is -0.465 e. The highest BCUT2D eigenvalue weighted by atomic mass is 32.1. The van der Waals surface area contributed by atoms with Crippen molar-refractivity contribution < 1.29 is 18.8 Å². The van der Waals surface area contributed by atoms with E-state index in [1.165, 1.54) is 18.4 Å². The lowest BCUT2D eigenvalue weighted by Gasteiger charge is -2.05. The maximum atomic E-state index is 12.0. The van der Waals surface area contributed by atoms with Gasteiger partial charge in [0.1, 0.15) is 0 Å². The zero-order chi connectivity index (χ0) is 18.4. The van der Waals surface area contributed by atoms with Crippen LogP contribution in [0.2, 0.25) is 0 Å². The minimum atomic E-state index is -0.387. The molecule has 8 heteroatoms. The van der Waals surface area contributed by atoms with Gasteiger partial charge in [0.15, 0.2) is 0 Å². The quantitative estimate of drug-likeness (QED) is 0.642. The van der Waals surface area contributed by atoms with Gasteiger partial charge in [0.25, 0.3) is 0 Å². The molecule has 134 valence electrons. The third-order valence-corrected chi connectivity index (χ3v) is 4.51. The Kier molecular flexibility index (Phi) is 5.75. The average Bonchev–Trinajstić information content (AvgIpc) is 3.36. The van der Waals surface area contributed by atoms with Crippen molar-refractivity contribution in [2.75, 3.05) is 7.11 Å². The largest absolute Gasteiger partial charge is 0.465 e. The van der Waals surface area contributed by atoms with E-state index in [9.17, 15) is 9.59 Å². The number of methoxy groups -OCH3 is 1. The second-order valence-corrected chi connectivity index (χ2v) is 6.40. The average molecular weight is 371 g/mol. The summed E-state index contributed by atoms with van der Waals surface area (Å²) < 4.78 is 9.82. The van der Waals surface area contributed by atoms with Crippen LogP contribution < -0.4 is 5.32 Å². The van der Waals surface area contributed by atoms with Crippen molar-refractivity contribution in [2.24, 2.45) is 0 Å². The smallest absolute Gasteiger partial charge is 0.337 e. The summed E-state index contributed by atoms with van der Waals surface area (Å²) in [4.78, 5) is 28.6. The molecule has 0 fully saturated rings. The predicted molar refractivity (Wildman–Crippen MR) is 95.6 cm³/mol. The Morgan fingerprint density at radius 1 is 1.23 bits per heavy atom. The molecule has 2 heterocycles. The van der Waals surface area contributed by atoms with Gasteiger partial charge in [0, 0.05) is 19.4 Å². The van der Waals surface area contributed by atoms with Gasteiger partial charge in [-0.15, -0.1) is 11.3 Å². The monoisotopic (exact) mass is 371 g/mol. The summed E-state index contributed by atoms with van der Waals surface area (Å²) >= 11 is 1.53. The molecule has 2 aromatic heterocycles. The lowest BCUT2D eigenvalue weighted by Crippen LogP contribution is -2.23. The SMILES string of the molecule is COC(=O)c1ccc(CNC(=O)CCc2nc(-c3cccs3)no2)cc1. The Morgan fingerprint density at radius 2 is 2.04 bits per heavy atom. The molecular formula is C18H17N3O4S. The lowest BCUT2D eigenvalue weighted by molar-refractivity contribution is -0.121. The van der Waals surface area contributed by atoms with Crippen molar-refractivity contribution in [1.82, 2.24) is 15.5 Å². The van der Waals surface area contributed by atoms with Crippen LogP contribution in [-0.2, 0) is 22.5 Å². The normalized spacial score (nSPS) is 10.5. The van der Waals surface area contributed by atoms with Crippen LogP contribution in [0.4, 0.5) is 0 Å². The van der Waals surface area contributed by atoms with E-state index in [1.807, 2.05) is 17.5 Å². The van der Waals surface area contributed by atoms with Crippen LogP contribution >= 0.6 is 11.3 Å². The first-order valence-electron chi connectivity index (χ1n) is 7.96. The summed E-state index contributed by atoms with van der Waals surface area (Å²) in [5.41, 5.74) is 1.37. The van der Waals surface area contributed by atoms with E-state index in [1.54, 1.807) is 24.3 Å². The van der Waals surface area contributed by atoms with Gasteiger partial charge >= 0.3 is 5.97 Å². The molecule has 0 aliphatic carbocycles. The Bertz CT molecular complexity index is 872.